The molecule has 0 unspecified atom stereocenters. The van der Waals surface area contributed by atoms with Crippen molar-refractivity contribution in [2.45, 2.75) is 5.16 Å². The van der Waals surface area contributed by atoms with Crippen molar-refractivity contribution in [1.82, 2.24) is 24.8 Å². The Morgan fingerprint density at radius 1 is 1.20 bits per heavy atom. The van der Waals surface area contributed by atoms with E-state index in [0.29, 0.717) is 15.1 Å². The summed E-state index contributed by atoms with van der Waals surface area (Å²) in [6.07, 6.45) is 0. The minimum Gasteiger partial charge on any atom is -0.379 e. The van der Waals surface area contributed by atoms with Crippen LogP contribution in [-0.2, 0) is 4.74 Å². The second-order valence-corrected chi connectivity index (χ2v) is 6.38. The molecule has 3 rings (SSSR count). The number of aromatic nitrogens is 4. The minimum absolute atomic E-state index is 0.499. The quantitative estimate of drug-likeness (QED) is 0.589. The summed E-state index contributed by atoms with van der Waals surface area (Å²) in [5, 5.41) is 0.865. The summed E-state index contributed by atoms with van der Waals surface area (Å²) in [7, 11) is 0. The second-order valence-electron chi connectivity index (χ2n) is 4.48. The van der Waals surface area contributed by atoms with Gasteiger partial charge >= 0.3 is 0 Å². The third-order valence-electron chi connectivity index (χ3n) is 3.12. The van der Waals surface area contributed by atoms with Gasteiger partial charge in [0.15, 0.2) is 15.6 Å². The van der Waals surface area contributed by atoms with Crippen LogP contribution in [0.5, 0.6) is 0 Å². The maximum absolute atomic E-state index is 5.33. The molecular formula is C11H15N5OS3. The van der Waals surface area contributed by atoms with Gasteiger partial charge in [0.25, 0.3) is 0 Å². The van der Waals surface area contributed by atoms with E-state index in [2.05, 4.69) is 24.8 Å². The number of nitrogens with one attached hydrogen (secondary N) is 3. The summed E-state index contributed by atoms with van der Waals surface area (Å²) in [4.78, 5) is 16.0. The minimum atomic E-state index is 0.499. The predicted molar refractivity (Wildman–Crippen MR) is 84.4 cm³/mol. The molecule has 2 aromatic heterocycles. The highest BCUT2D eigenvalue weighted by molar-refractivity contribution is 7.99. The molecular weight excluding hydrogens is 314 g/mol. The molecule has 0 radical (unpaired) electrons. The molecule has 0 aromatic carbocycles. The molecule has 0 spiro atoms. The van der Waals surface area contributed by atoms with Crippen LogP contribution in [0.4, 0.5) is 0 Å². The SMILES string of the molecule is S=c1[nH]c(=S)c2[nH]c(SCCN3CCOCC3)nc2[nH]1. The Morgan fingerprint density at radius 3 is 2.80 bits per heavy atom. The van der Waals surface area contributed by atoms with Crippen molar-refractivity contribution in [2.75, 3.05) is 38.6 Å². The van der Waals surface area contributed by atoms with Gasteiger partial charge in [-0.3, -0.25) is 4.90 Å². The fraction of sp³-hybridized carbons (Fsp3) is 0.545. The summed E-state index contributed by atoms with van der Waals surface area (Å²) in [6.45, 7) is 4.73. The zero-order chi connectivity index (χ0) is 13.9. The molecule has 2 aromatic rings. The van der Waals surface area contributed by atoms with Crippen LogP contribution in [0.25, 0.3) is 11.2 Å². The van der Waals surface area contributed by atoms with Crippen molar-refractivity contribution in [3.8, 4) is 0 Å². The van der Waals surface area contributed by atoms with Crippen LogP contribution in [-0.4, -0.2) is 63.4 Å². The van der Waals surface area contributed by atoms with Crippen LogP contribution in [0.2, 0.25) is 0 Å². The molecule has 1 saturated heterocycles. The molecule has 0 saturated carbocycles. The van der Waals surface area contributed by atoms with Crippen molar-refractivity contribution in [3.05, 3.63) is 9.41 Å². The Kier molecular flexibility index (Phi) is 4.51. The van der Waals surface area contributed by atoms with Crippen LogP contribution in [0.15, 0.2) is 5.16 Å². The number of fused-ring (bicyclic) bond motifs is 1. The molecule has 1 fully saturated rings. The third kappa shape index (κ3) is 3.29. The lowest BCUT2D eigenvalue weighted by atomic mass is 10.4. The molecule has 0 amide bonds. The molecule has 6 nitrogen and oxygen atoms in total. The van der Waals surface area contributed by atoms with E-state index in [0.717, 1.165) is 49.3 Å². The molecule has 0 atom stereocenters. The Hall–Kier alpha value is -0.740. The summed E-state index contributed by atoms with van der Waals surface area (Å²) >= 11 is 12.0. The first-order valence-electron chi connectivity index (χ1n) is 6.37. The topological polar surface area (TPSA) is 72.7 Å². The maximum Gasteiger partial charge on any atom is 0.177 e. The summed E-state index contributed by atoms with van der Waals surface area (Å²) in [5.74, 6) is 0.983. The van der Waals surface area contributed by atoms with E-state index in [9.17, 15) is 0 Å². The fourth-order valence-electron chi connectivity index (χ4n) is 2.08. The van der Waals surface area contributed by atoms with Crippen molar-refractivity contribution < 1.29 is 4.74 Å². The molecule has 0 aliphatic carbocycles. The van der Waals surface area contributed by atoms with Gasteiger partial charge in [0.1, 0.15) is 10.2 Å². The molecule has 9 heteroatoms. The van der Waals surface area contributed by atoms with Gasteiger partial charge in [-0.25, -0.2) is 4.98 Å². The number of aromatic amines is 3. The van der Waals surface area contributed by atoms with Gasteiger partial charge in [0.05, 0.1) is 13.2 Å². The molecule has 20 heavy (non-hydrogen) atoms. The Balaban J connectivity index is 1.64. The molecule has 3 N–H and O–H groups in total. The maximum atomic E-state index is 5.33. The Bertz CT molecular complexity index is 700. The predicted octanol–water partition coefficient (Wildman–Crippen LogP) is 2.10. The van der Waals surface area contributed by atoms with Crippen molar-refractivity contribution in [3.63, 3.8) is 0 Å². The van der Waals surface area contributed by atoms with E-state index in [1.807, 2.05) is 0 Å². The molecule has 108 valence electrons. The number of imidazole rings is 1. The van der Waals surface area contributed by atoms with Gasteiger partial charge in [0.2, 0.25) is 0 Å². The third-order valence-corrected chi connectivity index (χ3v) is 4.48. The number of rotatable bonds is 4. The first-order valence-corrected chi connectivity index (χ1v) is 8.18. The van der Waals surface area contributed by atoms with E-state index in [1.165, 1.54) is 0 Å². The first-order chi connectivity index (χ1) is 9.72. The van der Waals surface area contributed by atoms with Gasteiger partial charge in [-0.2, -0.15) is 0 Å². The molecule has 0 bridgehead atoms. The fourth-order valence-corrected chi connectivity index (χ4v) is 3.46. The number of morpholine rings is 1. The van der Waals surface area contributed by atoms with Gasteiger partial charge in [-0.15, -0.1) is 0 Å². The van der Waals surface area contributed by atoms with Crippen LogP contribution in [0, 0.1) is 9.41 Å². The standard InChI is InChI=1S/C11H15N5OS3/c18-9-7-8(13-10(19)15-9)14-11(12-7)20-6-3-16-1-4-17-5-2-16/h1-6H2,(H3,12,13,14,15,18,19). The van der Waals surface area contributed by atoms with Gasteiger partial charge in [-0.1, -0.05) is 24.0 Å². The average Bonchev–Trinajstić information content (AvgIpc) is 2.83. The van der Waals surface area contributed by atoms with E-state index >= 15 is 0 Å². The number of thioether (sulfide) groups is 1. The highest BCUT2D eigenvalue weighted by Gasteiger charge is 2.11. The van der Waals surface area contributed by atoms with Crippen molar-refractivity contribution >= 4 is 47.4 Å². The Labute approximate surface area is 130 Å². The van der Waals surface area contributed by atoms with Gasteiger partial charge in [0, 0.05) is 25.4 Å². The smallest absolute Gasteiger partial charge is 0.177 e. The lowest BCUT2D eigenvalue weighted by Gasteiger charge is -2.26. The highest BCUT2D eigenvalue weighted by atomic mass is 32.2. The van der Waals surface area contributed by atoms with Crippen LogP contribution >= 0.6 is 36.2 Å². The zero-order valence-corrected chi connectivity index (χ0v) is 13.2. The second kappa shape index (κ2) is 6.35. The Morgan fingerprint density at radius 2 is 2.00 bits per heavy atom. The zero-order valence-electron chi connectivity index (χ0n) is 10.8. The molecule has 1 aliphatic heterocycles. The number of hydrogen-bond donors (Lipinski definition) is 3. The molecule has 3 heterocycles. The summed E-state index contributed by atoms with van der Waals surface area (Å²) in [5.41, 5.74) is 1.52. The lowest BCUT2D eigenvalue weighted by molar-refractivity contribution is 0.0410. The number of hydrogen-bond acceptors (Lipinski definition) is 6. The van der Waals surface area contributed by atoms with Crippen molar-refractivity contribution in [1.29, 1.82) is 0 Å². The highest BCUT2D eigenvalue weighted by Crippen LogP contribution is 2.18. The molecule has 1 aliphatic rings. The summed E-state index contributed by atoms with van der Waals surface area (Å²) < 4.78 is 6.43. The van der Waals surface area contributed by atoms with E-state index in [-0.39, 0.29) is 0 Å². The normalized spacial score (nSPS) is 16.8. The van der Waals surface area contributed by atoms with Crippen LogP contribution in [0.1, 0.15) is 0 Å². The monoisotopic (exact) mass is 329 g/mol. The lowest BCUT2D eigenvalue weighted by Crippen LogP contribution is -2.37. The number of ether oxygens (including phenoxy) is 1. The first kappa shape index (κ1) is 14.2. The largest absolute Gasteiger partial charge is 0.379 e. The van der Waals surface area contributed by atoms with E-state index in [4.69, 9.17) is 29.2 Å². The number of nitrogens with zero attached hydrogens (tertiary/aromatic N) is 2. The van der Waals surface area contributed by atoms with Gasteiger partial charge in [-0.05, 0) is 12.2 Å². The van der Waals surface area contributed by atoms with Crippen molar-refractivity contribution in [2.24, 2.45) is 0 Å². The van der Waals surface area contributed by atoms with E-state index < -0.39 is 0 Å². The number of H-pyrrole nitrogens is 3. The van der Waals surface area contributed by atoms with Crippen LogP contribution in [0.3, 0.4) is 0 Å². The van der Waals surface area contributed by atoms with E-state index in [1.54, 1.807) is 11.8 Å². The van der Waals surface area contributed by atoms with Gasteiger partial charge < -0.3 is 19.7 Å². The summed E-state index contributed by atoms with van der Waals surface area (Å²) in [6, 6.07) is 0. The average molecular weight is 329 g/mol. The van der Waals surface area contributed by atoms with Crippen LogP contribution < -0.4 is 0 Å².